The Morgan fingerprint density at radius 3 is 2.65 bits per heavy atom. The van der Waals surface area contributed by atoms with Gasteiger partial charge in [0, 0.05) is 12.1 Å². The molecule has 0 atom stereocenters. The van der Waals surface area contributed by atoms with Crippen molar-refractivity contribution >= 4 is 11.6 Å². The summed E-state index contributed by atoms with van der Waals surface area (Å²) in [6, 6.07) is 3.97. The highest BCUT2D eigenvalue weighted by atomic mass is 35.5. The van der Waals surface area contributed by atoms with E-state index in [4.69, 9.17) is 11.6 Å². The fourth-order valence-corrected chi connectivity index (χ4v) is 2.06. The molecule has 0 aromatic carbocycles. The normalized spacial score (nSPS) is 10.8. The molecule has 17 heavy (non-hydrogen) atoms. The molecule has 0 saturated heterocycles. The summed E-state index contributed by atoms with van der Waals surface area (Å²) >= 11 is 6.09. The van der Waals surface area contributed by atoms with Gasteiger partial charge in [-0.05, 0) is 44.0 Å². The first-order valence-electron chi connectivity index (χ1n) is 5.68. The third-order valence-corrected chi connectivity index (χ3v) is 2.85. The Hall–Kier alpha value is -1.42. The van der Waals surface area contributed by atoms with E-state index in [1.54, 1.807) is 0 Å². The summed E-state index contributed by atoms with van der Waals surface area (Å²) in [6.07, 6.45) is 1.86. The number of nitrogens with zero attached hydrogens (tertiary/aromatic N) is 4. The Kier molecular flexibility index (Phi) is 3.43. The lowest BCUT2D eigenvalue weighted by Gasteiger charge is -2.10. The van der Waals surface area contributed by atoms with Crippen molar-refractivity contribution in [2.45, 2.75) is 33.6 Å². The van der Waals surface area contributed by atoms with Gasteiger partial charge in [-0.2, -0.15) is 0 Å². The zero-order valence-corrected chi connectivity index (χ0v) is 11.0. The van der Waals surface area contributed by atoms with Gasteiger partial charge in [-0.3, -0.25) is 9.55 Å². The molecular formula is C12H15ClN4. The molecule has 0 fully saturated rings. The second kappa shape index (κ2) is 4.84. The summed E-state index contributed by atoms with van der Waals surface area (Å²) < 4.78 is 1.87. The molecule has 0 aliphatic heterocycles. The zero-order valence-electron chi connectivity index (χ0n) is 10.2. The predicted octanol–water partition coefficient (Wildman–Crippen LogP) is 2.89. The average molecular weight is 251 g/mol. The van der Waals surface area contributed by atoms with Gasteiger partial charge in [0.25, 0.3) is 0 Å². The molecule has 4 nitrogen and oxygen atoms in total. The molecule has 0 saturated carbocycles. The fourth-order valence-electron chi connectivity index (χ4n) is 1.83. The van der Waals surface area contributed by atoms with Crippen LogP contribution in [0.25, 0.3) is 5.69 Å². The van der Waals surface area contributed by atoms with E-state index in [0.29, 0.717) is 5.28 Å². The Morgan fingerprint density at radius 1 is 1.24 bits per heavy atom. The van der Waals surface area contributed by atoms with Gasteiger partial charge in [0.05, 0.1) is 11.4 Å². The number of pyridine rings is 1. The summed E-state index contributed by atoms with van der Waals surface area (Å²) in [6.45, 7) is 6.04. The summed E-state index contributed by atoms with van der Waals surface area (Å²) in [5.41, 5.74) is 2.88. The van der Waals surface area contributed by atoms with Crippen molar-refractivity contribution < 1.29 is 0 Å². The zero-order chi connectivity index (χ0) is 12.4. The first-order chi connectivity index (χ1) is 8.13. The smallest absolute Gasteiger partial charge is 0.229 e. The van der Waals surface area contributed by atoms with Crippen LogP contribution in [0.3, 0.4) is 0 Å². The molecule has 0 aliphatic rings. The van der Waals surface area contributed by atoms with Crippen molar-refractivity contribution in [1.29, 1.82) is 0 Å². The van der Waals surface area contributed by atoms with Crippen molar-refractivity contribution in [2.24, 2.45) is 0 Å². The molecule has 0 unspecified atom stereocenters. The summed E-state index contributed by atoms with van der Waals surface area (Å²) in [4.78, 5) is 4.44. The molecule has 5 heteroatoms. The minimum atomic E-state index is 0.391. The van der Waals surface area contributed by atoms with Gasteiger partial charge in [0.15, 0.2) is 0 Å². The van der Waals surface area contributed by atoms with Crippen LogP contribution in [0.15, 0.2) is 12.1 Å². The quantitative estimate of drug-likeness (QED) is 0.841. The Balaban J connectivity index is 2.55. The van der Waals surface area contributed by atoms with E-state index < -0.39 is 0 Å². The van der Waals surface area contributed by atoms with Crippen LogP contribution in [0.5, 0.6) is 0 Å². The van der Waals surface area contributed by atoms with Gasteiger partial charge in [-0.1, -0.05) is 6.92 Å². The highest BCUT2D eigenvalue weighted by Gasteiger charge is 2.13. The minimum absolute atomic E-state index is 0.391. The topological polar surface area (TPSA) is 43.6 Å². The maximum Gasteiger partial charge on any atom is 0.229 e. The lowest BCUT2D eigenvalue weighted by atomic mass is 10.2. The van der Waals surface area contributed by atoms with E-state index in [2.05, 4.69) is 22.1 Å². The monoisotopic (exact) mass is 250 g/mol. The number of aryl methyl sites for hydroxylation is 3. The average Bonchev–Trinajstić information content (AvgIpc) is 2.62. The number of hydrogen-bond donors (Lipinski definition) is 0. The minimum Gasteiger partial charge on any atom is -0.268 e. The lowest BCUT2D eigenvalue weighted by molar-refractivity contribution is 0.797. The lowest BCUT2D eigenvalue weighted by Crippen LogP contribution is -2.05. The molecule has 0 radical (unpaired) electrons. The van der Waals surface area contributed by atoms with Crippen LogP contribution in [0, 0.1) is 13.8 Å². The fraction of sp³-hybridized carbons (Fsp3) is 0.417. The van der Waals surface area contributed by atoms with Gasteiger partial charge < -0.3 is 0 Å². The van der Waals surface area contributed by atoms with E-state index in [1.807, 2.05) is 30.5 Å². The van der Waals surface area contributed by atoms with E-state index in [1.165, 1.54) is 0 Å². The Bertz CT molecular complexity index is 533. The van der Waals surface area contributed by atoms with Crippen LogP contribution >= 0.6 is 11.6 Å². The Morgan fingerprint density at radius 2 is 2.00 bits per heavy atom. The highest BCUT2D eigenvalue weighted by molar-refractivity contribution is 6.28. The van der Waals surface area contributed by atoms with Gasteiger partial charge in [-0.15, -0.1) is 10.2 Å². The standard InChI is InChI=1S/C12H15ClN4/c1-4-5-11-15-16-12(13)17(11)10-7-6-8(2)14-9(10)3/h6-7H,4-5H2,1-3H3. The maximum atomic E-state index is 6.09. The number of aromatic nitrogens is 4. The van der Waals surface area contributed by atoms with Crippen molar-refractivity contribution in [1.82, 2.24) is 19.7 Å². The van der Waals surface area contributed by atoms with Gasteiger partial charge in [-0.25, -0.2) is 0 Å². The second-order valence-corrected chi connectivity index (χ2v) is 4.37. The van der Waals surface area contributed by atoms with E-state index in [-0.39, 0.29) is 0 Å². The molecule has 2 heterocycles. The molecule has 0 spiro atoms. The molecular weight excluding hydrogens is 236 g/mol. The van der Waals surface area contributed by atoms with Crippen LogP contribution in [-0.4, -0.2) is 19.7 Å². The summed E-state index contributed by atoms with van der Waals surface area (Å²) in [5.74, 6) is 0.881. The number of hydrogen-bond acceptors (Lipinski definition) is 3. The van der Waals surface area contributed by atoms with Crippen LogP contribution < -0.4 is 0 Å². The van der Waals surface area contributed by atoms with E-state index >= 15 is 0 Å². The van der Waals surface area contributed by atoms with Crippen LogP contribution in [-0.2, 0) is 6.42 Å². The predicted molar refractivity (Wildman–Crippen MR) is 67.6 cm³/mol. The molecule has 0 bridgehead atoms. The molecule has 2 rings (SSSR count). The number of rotatable bonds is 3. The van der Waals surface area contributed by atoms with Gasteiger partial charge >= 0.3 is 0 Å². The van der Waals surface area contributed by atoms with Gasteiger partial charge in [0.2, 0.25) is 5.28 Å². The molecule has 2 aromatic rings. The van der Waals surface area contributed by atoms with E-state index in [9.17, 15) is 0 Å². The number of halogens is 1. The SMILES string of the molecule is CCCc1nnc(Cl)n1-c1ccc(C)nc1C. The van der Waals surface area contributed by atoms with Crippen molar-refractivity contribution in [3.63, 3.8) is 0 Å². The van der Waals surface area contributed by atoms with Crippen molar-refractivity contribution in [2.75, 3.05) is 0 Å². The molecule has 0 amide bonds. The molecule has 0 N–H and O–H groups in total. The van der Waals surface area contributed by atoms with Crippen LogP contribution in [0.4, 0.5) is 0 Å². The van der Waals surface area contributed by atoms with Gasteiger partial charge in [0.1, 0.15) is 5.82 Å². The molecule has 90 valence electrons. The van der Waals surface area contributed by atoms with Crippen LogP contribution in [0.2, 0.25) is 5.28 Å². The molecule has 2 aromatic heterocycles. The van der Waals surface area contributed by atoms with Crippen LogP contribution in [0.1, 0.15) is 30.6 Å². The highest BCUT2D eigenvalue weighted by Crippen LogP contribution is 2.20. The second-order valence-electron chi connectivity index (χ2n) is 4.03. The third-order valence-electron chi connectivity index (χ3n) is 2.60. The first-order valence-corrected chi connectivity index (χ1v) is 6.05. The first kappa shape index (κ1) is 12.0. The summed E-state index contributed by atoms with van der Waals surface area (Å²) in [7, 11) is 0. The molecule has 0 aliphatic carbocycles. The van der Waals surface area contributed by atoms with Crippen molar-refractivity contribution in [3.8, 4) is 5.69 Å². The third kappa shape index (κ3) is 2.31. The van der Waals surface area contributed by atoms with E-state index in [0.717, 1.165) is 35.7 Å². The summed E-state index contributed by atoms with van der Waals surface area (Å²) in [5, 5.41) is 8.42. The largest absolute Gasteiger partial charge is 0.268 e. The Labute approximate surface area is 106 Å². The van der Waals surface area contributed by atoms with Crippen molar-refractivity contribution in [3.05, 3.63) is 34.6 Å². The maximum absolute atomic E-state index is 6.09.